The number of nitrogens with zero attached hydrogens (tertiary/aromatic N) is 2. The summed E-state index contributed by atoms with van der Waals surface area (Å²) in [7, 11) is 0. The van der Waals surface area contributed by atoms with E-state index in [1.807, 2.05) is 36.4 Å². The van der Waals surface area contributed by atoms with Crippen molar-refractivity contribution in [3.63, 3.8) is 0 Å². The van der Waals surface area contributed by atoms with Gasteiger partial charge in [-0.1, -0.05) is 29.8 Å². The molecule has 0 aliphatic heterocycles. The van der Waals surface area contributed by atoms with Gasteiger partial charge in [0.25, 0.3) is 5.91 Å². The Bertz CT molecular complexity index is 794. The molecule has 3 rings (SSSR count). The van der Waals surface area contributed by atoms with Gasteiger partial charge in [0.1, 0.15) is 0 Å². The second-order valence-corrected chi connectivity index (χ2v) is 5.39. The maximum absolute atomic E-state index is 12.5. The smallest absolute Gasteiger partial charge is 0.253 e. The van der Waals surface area contributed by atoms with Gasteiger partial charge in [-0.15, -0.1) is 0 Å². The van der Waals surface area contributed by atoms with Crippen LogP contribution in [0.5, 0.6) is 0 Å². The summed E-state index contributed by atoms with van der Waals surface area (Å²) >= 11 is 6.09. The third-order valence-electron chi connectivity index (χ3n) is 3.36. The van der Waals surface area contributed by atoms with E-state index >= 15 is 0 Å². The largest absolute Gasteiger partial charge is 0.339 e. The molecule has 3 aromatic rings. The SMILES string of the molecule is O=C(N[C@@H](c1cccc(Cl)c1)c1ccccn1)c1cccnc1. The van der Waals surface area contributed by atoms with Crippen molar-refractivity contribution in [3.05, 3.63) is 95.0 Å². The van der Waals surface area contributed by atoms with E-state index in [2.05, 4.69) is 15.3 Å². The van der Waals surface area contributed by atoms with Crippen molar-refractivity contribution in [1.82, 2.24) is 15.3 Å². The second kappa shape index (κ2) is 7.03. The second-order valence-electron chi connectivity index (χ2n) is 4.96. The van der Waals surface area contributed by atoms with Crippen molar-refractivity contribution in [2.75, 3.05) is 0 Å². The number of amides is 1. The first-order valence-corrected chi connectivity index (χ1v) is 7.49. The number of benzene rings is 1. The highest BCUT2D eigenvalue weighted by atomic mass is 35.5. The lowest BCUT2D eigenvalue weighted by Gasteiger charge is -2.19. The average Bonchev–Trinajstić information content (AvgIpc) is 2.61. The van der Waals surface area contributed by atoms with Crippen LogP contribution in [0.4, 0.5) is 0 Å². The molecule has 0 radical (unpaired) electrons. The maximum Gasteiger partial charge on any atom is 0.253 e. The summed E-state index contributed by atoms with van der Waals surface area (Å²) in [6.07, 6.45) is 4.86. The Balaban J connectivity index is 1.94. The summed E-state index contributed by atoms with van der Waals surface area (Å²) in [5.74, 6) is -0.214. The predicted molar refractivity (Wildman–Crippen MR) is 89.2 cm³/mol. The molecule has 0 aliphatic carbocycles. The molecule has 0 bridgehead atoms. The number of hydrogen-bond donors (Lipinski definition) is 1. The Morgan fingerprint density at radius 3 is 2.65 bits per heavy atom. The molecule has 114 valence electrons. The summed E-state index contributed by atoms with van der Waals surface area (Å²) in [5, 5.41) is 3.60. The number of nitrogens with one attached hydrogen (secondary N) is 1. The van der Waals surface area contributed by atoms with Crippen LogP contribution in [0, 0.1) is 0 Å². The van der Waals surface area contributed by atoms with E-state index in [0.717, 1.165) is 11.3 Å². The molecular formula is C18H14ClN3O. The van der Waals surface area contributed by atoms with Crippen LogP contribution < -0.4 is 5.32 Å². The van der Waals surface area contributed by atoms with E-state index in [0.29, 0.717) is 10.6 Å². The van der Waals surface area contributed by atoms with Gasteiger partial charge in [0.05, 0.1) is 17.3 Å². The molecule has 5 heteroatoms. The Labute approximate surface area is 139 Å². The summed E-state index contributed by atoms with van der Waals surface area (Å²) in [6, 6.07) is 16.0. The Morgan fingerprint density at radius 1 is 1.04 bits per heavy atom. The molecule has 0 saturated heterocycles. The van der Waals surface area contributed by atoms with Crippen molar-refractivity contribution < 1.29 is 4.79 Å². The zero-order valence-electron chi connectivity index (χ0n) is 12.2. The predicted octanol–water partition coefficient (Wildman–Crippen LogP) is 3.65. The average molecular weight is 324 g/mol. The zero-order chi connectivity index (χ0) is 16.1. The normalized spacial score (nSPS) is 11.7. The third-order valence-corrected chi connectivity index (χ3v) is 3.60. The Morgan fingerprint density at radius 2 is 1.96 bits per heavy atom. The molecule has 4 nitrogen and oxygen atoms in total. The molecule has 23 heavy (non-hydrogen) atoms. The number of carbonyl (C=O) groups excluding carboxylic acids is 1. The number of rotatable bonds is 4. The topological polar surface area (TPSA) is 54.9 Å². The van der Waals surface area contributed by atoms with Crippen molar-refractivity contribution in [1.29, 1.82) is 0 Å². The van der Waals surface area contributed by atoms with Gasteiger partial charge in [0.2, 0.25) is 0 Å². The van der Waals surface area contributed by atoms with Crippen molar-refractivity contribution in [2.45, 2.75) is 6.04 Å². The van der Waals surface area contributed by atoms with E-state index in [1.54, 1.807) is 30.6 Å². The van der Waals surface area contributed by atoms with E-state index in [9.17, 15) is 4.79 Å². The molecule has 0 spiro atoms. The molecule has 1 N–H and O–H groups in total. The number of pyridine rings is 2. The van der Waals surface area contributed by atoms with Crippen LogP contribution in [-0.4, -0.2) is 15.9 Å². The molecule has 2 heterocycles. The van der Waals surface area contributed by atoms with Gasteiger partial charge in [-0.05, 0) is 42.0 Å². The number of carbonyl (C=O) groups is 1. The van der Waals surface area contributed by atoms with E-state index in [-0.39, 0.29) is 11.9 Å². The van der Waals surface area contributed by atoms with Crippen molar-refractivity contribution >= 4 is 17.5 Å². The van der Waals surface area contributed by atoms with Crippen LogP contribution in [0.2, 0.25) is 5.02 Å². The molecule has 0 fully saturated rings. The van der Waals surface area contributed by atoms with Gasteiger partial charge in [-0.2, -0.15) is 0 Å². The number of hydrogen-bond acceptors (Lipinski definition) is 3. The van der Waals surface area contributed by atoms with Crippen LogP contribution in [-0.2, 0) is 0 Å². The number of aromatic nitrogens is 2. The zero-order valence-corrected chi connectivity index (χ0v) is 12.9. The minimum Gasteiger partial charge on any atom is -0.339 e. The van der Waals surface area contributed by atoms with E-state index in [4.69, 9.17) is 11.6 Å². The molecular weight excluding hydrogens is 310 g/mol. The minimum atomic E-state index is -0.386. The molecule has 0 unspecified atom stereocenters. The summed E-state index contributed by atoms with van der Waals surface area (Å²) in [4.78, 5) is 20.8. The number of halogens is 1. The standard InChI is InChI=1S/C18H14ClN3O/c19-15-7-3-5-13(11-15)17(16-8-1-2-10-21-16)22-18(23)14-6-4-9-20-12-14/h1-12,17H,(H,22,23)/t17-/m0/s1. The first-order chi connectivity index (χ1) is 11.2. The minimum absolute atomic E-state index is 0.214. The summed E-state index contributed by atoms with van der Waals surface area (Å²) in [5.41, 5.74) is 2.11. The van der Waals surface area contributed by atoms with Crippen LogP contribution in [0.25, 0.3) is 0 Å². The van der Waals surface area contributed by atoms with Crippen molar-refractivity contribution in [2.24, 2.45) is 0 Å². The fraction of sp³-hybridized carbons (Fsp3) is 0.0556. The lowest BCUT2D eigenvalue weighted by molar-refractivity contribution is 0.0942. The first kappa shape index (κ1) is 15.2. The maximum atomic E-state index is 12.5. The molecule has 1 aromatic carbocycles. The van der Waals surface area contributed by atoms with Gasteiger partial charge in [0, 0.05) is 23.6 Å². The molecule has 1 atom stereocenters. The lowest BCUT2D eigenvalue weighted by atomic mass is 10.0. The summed E-state index contributed by atoms with van der Waals surface area (Å²) in [6.45, 7) is 0. The van der Waals surface area contributed by atoms with Crippen molar-refractivity contribution in [3.8, 4) is 0 Å². The highest BCUT2D eigenvalue weighted by molar-refractivity contribution is 6.30. The van der Waals surface area contributed by atoms with Gasteiger partial charge < -0.3 is 5.32 Å². The van der Waals surface area contributed by atoms with Gasteiger partial charge in [0.15, 0.2) is 0 Å². The Hall–Kier alpha value is -2.72. The third kappa shape index (κ3) is 3.73. The van der Waals surface area contributed by atoms with Crippen LogP contribution in [0.1, 0.15) is 27.7 Å². The van der Waals surface area contributed by atoms with E-state index < -0.39 is 0 Å². The van der Waals surface area contributed by atoms with Crippen LogP contribution in [0.3, 0.4) is 0 Å². The van der Waals surface area contributed by atoms with Crippen LogP contribution >= 0.6 is 11.6 Å². The van der Waals surface area contributed by atoms with Crippen LogP contribution in [0.15, 0.2) is 73.2 Å². The first-order valence-electron chi connectivity index (χ1n) is 7.11. The summed E-state index contributed by atoms with van der Waals surface area (Å²) < 4.78 is 0. The Kier molecular flexibility index (Phi) is 4.64. The molecule has 0 saturated carbocycles. The van der Waals surface area contributed by atoms with Gasteiger partial charge in [-0.3, -0.25) is 14.8 Å². The quantitative estimate of drug-likeness (QED) is 0.797. The fourth-order valence-electron chi connectivity index (χ4n) is 2.27. The highest BCUT2D eigenvalue weighted by Crippen LogP contribution is 2.23. The molecule has 2 aromatic heterocycles. The monoisotopic (exact) mass is 323 g/mol. The fourth-order valence-corrected chi connectivity index (χ4v) is 2.47. The molecule has 0 aliphatic rings. The van der Waals surface area contributed by atoms with Gasteiger partial charge in [-0.25, -0.2) is 0 Å². The van der Waals surface area contributed by atoms with Gasteiger partial charge >= 0.3 is 0 Å². The van der Waals surface area contributed by atoms with E-state index in [1.165, 1.54) is 6.20 Å². The highest BCUT2D eigenvalue weighted by Gasteiger charge is 2.19. The molecule has 1 amide bonds. The lowest BCUT2D eigenvalue weighted by Crippen LogP contribution is -2.30.